The van der Waals surface area contributed by atoms with Crippen LogP contribution in [0.3, 0.4) is 0 Å². The van der Waals surface area contributed by atoms with E-state index in [0.29, 0.717) is 24.7 Å². The summed E-state index contributed by atoms with van der Waals surface area (Å²) < 4.78 is 12.1. The Labute approximate surface area is 274 Å². The Morgan fingerprint density at radius 3 is 2.30 bits per heavy atom. The number of aliphatic hydroxyl groups is 6. The number of ether oxygens (including phenoxy) is 2. The maximum Gasteiger partial charge on any atom is 0.187 e. The van der Waals surface area contributed by atoms with Gasteiger partial charge in [0.1, 0.15) is 24.4 Å². The zero-order valence-corrected chi connectivity index (χ0v) is 29.2. The average Bonchev–Trinajstić information content (AvgIpc) is 3.26. The first-order valence-electron chi connectivity index (χ1n) is 17.7. The fourth-order valence-corrected chi connectivity index (χ4v) is 11.4. The van der Waals surface area contributed by atoms with E-state index in [4.69, 9.17) is 9.47 Å². The summed E-state index contributed by atoms with van der Waals surface area (Å²) in [4.78, 5) is 12.9. The number of nitrogens with zero attached hydrogens (tertiary/aromatic N) is 1. The Balaban J connectivity index is 1.40. The molecule has 1 aliphatic heterocycles. The van der Waals surface area contributed by atoms with Crippen LogP contribution in [-0.4, -0.2) is 91.8 Å². The molecule has 0 aromatic rings. The first kappa shape index (κ1) is 36.3. The van der Waals surface area contributed by atoms with Crippen molar-refractivity contribution in [2.75, 3.05) is 6.61 Å². The standard InChI is InChI=1S/C36H61NO9/c1-19(9-13-26(39)33(4,5)43)20-15-16-34(6)24-12-10-21-22(36(24,8)25(37-44)17-35(20,34)7)11-14-27(32(21,2)3)46-31-30(42)29(41)28(40)23(18-38)45-31/h10,19-20,22-31,38-43H,9,11-18H2,1-8H3. The molecular formula is C36H61NO9. The van der Waals surface area contributed by atoms with Gasteiger partial charge in [-0.1, -0.05) is 58.4 Å². The highest BCUT2D eigenvalue weighted by Crippen LogP contribution is 2.75. The first-order valence-corrected chi connectivity index (χ1v) is 17.7. The molecule has 3 saturated carbocycles. The van der Waals surface area contributed by atoms with Gasteiger partial charge in [0, 0.05) is 10.8 Å². The van der Waals surface area contributed by atoms with Crippen LogP contribution in [-0.2, 0) is 9.47 Å². The third kappa shape index (κ3) is 5.45. The van der Waals surface area contributed by atoms with Crippen molar-refractivity contribution >= 4 is 0 Å². The highest BCUT2D eigenvalue weighted by atomic mass is 16.7. The summed E-state index contributed by atoms with van der Waals surface area (Å²) in [6.45, 7) is 16.5. The smallest absolute Gasteiger partial charge is 0.187 e. The molecule has 0 spiro atoms. The van der Waals surface area contributed by atoms with Gasteiger partial charge in [-0.05, 0) is 99.7 Å². The van der Waals surface area contributed by atoms with E-state index in [1.54, 1.807) is 13.8 Å². The summed E-state index contributed by atoms with van der Waals surface area (Å²) in [6, 6.07) is -0.349. The van der Waals surface area contributed by atoms with Crippen LogP contribution < -0.4 is 0 Å². The molecule has 46 heavy (non-hydrogen) atoms. The summed E-state index contributed by atoms with van der Waals surface area (Å²) in [5.41, 5.74) is -0.756. The van der Waals surface area contributed by atoms with Gasteiger partial charge in [-0.2, -0.15) is 4.91 Å². The molecular weight excluding hydrogens is 590 g/mol. The Morgan fingerprint density at radius 1 is 1.02 bits per heavy atom. The second-order valence-electron chi connectivity index (χ2n) is 17.5. The lowest BCUT2D eigenvalue weighted by atomic mass is 9.37. The highest BCUT2D eigenvalue weighted by Gasteiger charge is 2.71. The van der Waals surface area contributed by atoms with Crippen LogP contribution in [0.5, 0.6) is 0 Å². The lowest BCUT2D eigenvalue weighted by molar-refractivity contribution is -0.320. The van der Waals surface area contributed by atoms with Crippen LogP contribution in [0, 0.1) is 50.2 Å². The van der Waals surface area contributed by atoms with Crippen molar-refractivity contribution in [2.24, 2.45) is 50.5 Å². The molecule has 6 N–H and O–H groups in total. The number of hydrogen-bond acceptors (Lipinski definition) is 10. The largest absolute Gasteiger partial charge is 0.394 e. The maximum absolute atomic E-state index is 12.9. The van der Waals surface area contributed by atoms with E-state index >= 15 is 0 Å². The van der Waals surface area contributed by atoms with Crippen LogP contribution in [0.1, 0.15) is 107 Å². The molecule has 1 saturated heterocycles. The summed E-state index contributed by atoms with van der Waals surface area (Å²) >= 11 is 0. The van der Waals surface area contributed by atoms with Crippen molar-refractivity contribution < 1.29 is 40.1 Å². The molecule has 1 heterocycles. The van der Waals surface area contributed by atoms with Crippen molar-refractivity contribution in [3.63, 3.8) is 0 Å². The van der Waals surface area contributed by atoms with Gasteiger partial charge in [0.15, 0.2) is 6.29 Å². The Hall–Kier alpha value is -0.980. The predicted octanol–water partition coefficient (Wildman–Crippen LogP) is 4.07. The molecule has 15 atom stereocenters. The van der Waals surface area contributed by atoms with E-state index in [0.717, 1.165) is 38.5 Å². The van der Waals surface area contributed by atoms with Gasteiger partial charge in [-0.25, -0.2) is 0 Å². The average molecular weight is 652 g/mol. The van der Waals surface area contributed by atoms with Gasteiger partial charge in [0.2, 0.25) is 0 Å². The normalized spacial score (nSPS) is 48.4. The highest BCUT2D eigenvalue weighted by molar-refractivity contribution is 5.32. The van der Waals surface area contributed by atoms with Gasteiger partial charge in [0.25, 0.3) is 0 Å². The van der Waals surface area contributed by atoms with Crippen LogP contribution in [0.4, 0.5) is 0 Å². The fraction of sp³-hybridized carbons (Fsp3) is 0.944. The quantitative estimate of drug-likeness (QED) is 0.159. The van der Waals surface area contributed by atoms with Crippen molar-refractivity contribution in [1.82, 2.24) is 0 Å². The number of rotatable bonds is 9. The lowest BCUT2D eigenvalue weighted by Gasteiger charge is -2.67. The SMILES string of the molecule is CC(CCC(O)C(C)(C)O)C1CCC2(C)C3CC=C4C(CCC(OC5OC(CO)C(O)C(O)C5O)C4(C)C)C3(C)C(N=O)CC12C. The molecule has 264 valence electrons. The van der Waals surface area contributed by atoms with E-state index in [1.165, 1.54) is 5.57 Å². The van der Waals surface area contributed by atoms with Crippen LogP contribution in [0.15, 0.2) is 16.8 Å². The summed E-state index contributed by atoms with van der Waals surface area (Å²) in [5, 5.41) is 65.7. The summed E-state index contributed by atoms with van der Waals surface area (Å²) in [5.74, 6) is 1.14. The van der Waals surface area contributed by atoms with Crippen LogP contribution >= 0.6 is 0 Å². The van der Waals surface area contributed by atoms with E-state index in [1.807, 2.05) is 0 Å². The number of allylic oxidation sites excluding steroid dienone is 1. The Morgan fingerprint density at radius 2 is 1.70 bits per heavy atom. The van der Waals surface area contributed by atoms with Crippen molar-refractivity contribution in [3.05, 3.63) is 16.6 Å². The molecule has 10 nitrogen and oxygen atoms in total. The number of fused-ring (bicyclic) bond motifs is 5. The van der Waals surface area contributed by atoms with Gasteiger partial charge >= 0.3 is 0 Å². The predicted molar refractivity (Wildman–Crippen MR) is 173 cm³/mol. The van der Waals surface area contributed by atoms with Crippen LogP contribution in [0.2, 0.25) is 0 Å². The van der Waals surface area contributed by atoms with E-state index in [2.05, 4.69) is 52.8 Å². The Kier molecular flexibility index (Phi) is 9.80. The molecule has 15 unspecified atom stereocenters. The molecule has 0 aromatic carbocycles. The number of hydrogen-bond donors (Lipinski definition) is 6. The zero-order valence-electron chi connectivity index (χ0n) is 29.2. The first-order chi connectivity index (χ1) is 21.3. The summed E-state index contributed by atoms with van der Waals surface area (Å²) in [6.07, 6.45) is 1.20. The molecule has 10 heteroatoms. The van der Waals surface area contributed by atoms with E-state index in [9.17, 15) is 35.5 Å². The molecule has 0 bridgehead atoms. The lowest BCUT2D eigenvalue weighted by Crippen LogP contribution is -2.64. The third-order valence-electron chi connectivity index (χ3n) is 14.6. The minimum Gasteiger partial charge on any atom is -0.394 e. The van der Waals surface area contributed by atoms with E-state index in [-0.39, 0.29) is 40.2 Å². The van der Waals surface area contributed by atoms with Crippen molar-refractivity contribution in [2.45, 2.75) is 161 Å². The number of nitroso groups, excluding NO2 is 1. The van der Waals surface area contributed by atoms with Gasteiger partial charge in [-0.3, -0.25) is 0 Å². The molecule has 4 aliphatic carbocycles. The molecule has 0 aromatic heterocycles. The topological polar surface area (TPSA) is 169 Å². The maximum atomic E-state index is 12.9. The van der Waals surface area contributed by atoms with Gasteiger partial charge in [-0.15, -0.1) is 0 Å². The fourth-order valence-electron chi connectivity index (χ4n) is 11.4. The van der Waals surface area contributed by atoms with Gasteiger partial charge in [0.05, 0.1) is 30.5 Å². The van der Waals surface area contributed by atoms with Crippen LogP contribution in [0.25, 0.3) is 0 Å². The molecule has 5 aliphatic rings. The van der Waals surface area contributed by atoms with Crippen molar-refractivity contribution in [3.8, 4) is 0 Å². The third-order valence-corrected chi connectivity index (χ3v) is 14.6. The van der Waals surface area contributed by atoms with Crippen molar-refractivity contribution in [1.29, 1.82) is 0 Å². The minimum atomic E-state index is -1.50. The zero-order chi connectivity index (χ0) is 34.2. The minimum absolute atomic E-state index is 0.00653. The monoisotopic (exact) mass is 651 g/mol. The second-order valence-corrected chi connectivity index (χ2v) is 17.5. The summed E-state index contributed by atoms with van der Waals surface area (Å²) in [7, 11) is 0. The van der Waals surface area contributed by atoms with E-state index < -0.39 is 54.4 Å². The molecule has 0 radical (unpaired) electrons. The molecule has 4 fully saturated rings. The molecule has 0 amide bonds. The molecule has 5 rings (SSSR count). The van der Waals surface area contributed by atoms with Gasteiger partial charge < -0.3 is 40.1 Å². The Bertz CT molecular complexity index is 1150. The number of aliphatic hydroxyl groups excluding tert-OH is 5. The second kappa shape index (κ2) is 12.4.